The number of aliphatic hydroxyl groups is 1. The second-order valence-corrected chi connectivity index (χ2v) is 5.62. The summed E-state index contributed by atoms with van der Waals surface area (Å²) in [6.45, 7) is 0.716. The lowest BCUT2D eigenvalue weighted by molar-refractivity contribution is -0.384. The standard InChI is InChI=1S/C16H15N3O5/c20-10-11-1-4-15(19(23)24)16(7-11)17-6-5-12-2-3-14(18(21)22)8-13(12)9-17/h1-4,7-8,20H,5-6,9-10H2. The Balaban J connectivity index is 1.99. The van der Waals surface area contributed by atoms with Crippen LogP contribution in [0.15, 0.2) is 36.4 Å². The maximum Gasteiger partial charge on any atom is 0.292 e. The SMILES string of the molecule is O=[N+]([O-])c1ccc2c(c1)CN(c1cc(CO)ccc1[N+](=O)[O-])CC2. The summed E-state index contributed by atoms with van der Waals surface area (Å²) in [5.41, 5.74) is 2.77. The smallest absolute Gasteiger partial charge is 0.292 e. The van der Waals surface area contributed by atoms with Crippen molar-refractivity contribution < 1.29 is 15.0 Å². The van der Waals surface area contributed by atoms with E-state index in [1.54, 1.807) is 12.1 Å². The molecular weight excluding hydrogens is 314 g/mol. The summed E-state index contributed by atoms with van der Waals surface area (Å²) in [6.07, 6.45) is 0.647. The Morgan fingerprint density at radius 2 is 1.83 bits per heavy atom. The Morgan fingerprint density at radius 1 is 1.04 bits per heavy atom. The summed E-state index contributed by atoms with van der Waals surface area (Å²) in [7, 11) is 0. The van der Waals surface area contributed by atoms with Crippen LogP contribution in [0.4, 0.5) is 17.1 Å². The molecule has 1 aliphatic heterocycles. The van der Waals surface area contributed by atoms with Crippen LogP contribution in [0, 0.1) is 20.2 Å². The molecule has 0 unspecified atom stereocenters. The van der Waals surface area contributed by atoms with Gasteiger partial charge in [-0.3, -0.25) is 20.2 Å². The Hall–Kier alpha value is -3.00. The molecule has 124 valence electrons. The van der Waals surface area contributed by atoms with E-state index in [-0.39, 0.29) is 18.0 Å². The van der Waals surface area contributed by atoms with Crippen LogP contribution in [0.5, 0.6) is 0 Å². The monoisotopic (exact) mass is 329 g/mol. The number of non-ortho nitro benzene ring substituents is 1. The molecule has 1 N–H and O–H groups in total. The van der Waals surface area contributed by atoms with E-state index in [0.29, 0.717) is 30.8 Å². The average Bonchev–Trinajstić information content (AvgIpc) is 2.60. The molecule has 0 aromatic heterocycles. The largest absolute Gasteiger partial charge is 0.392 e. The molecule has 0 spiro atoms. The number of aliphatic hydroxyl groups excluding tert-OH is 1. The van der Waals surface area contributed by atoms with Crippen LogP contribution in [0.1, 0.15) is 16.7 Å². The van der Waals surface area contributed by atoms with Gasteiger partial charge in [-0.1, -0.05) is 6.07 Å². The van der Waals surface area contributed by atoms with Crippen LogP contribution in [-0.2, 0) is 19.6 Å². The van der Waals surface area contributed by atoms with Gasteiger partial charge in [0.05, 0.1) is 16.5 Å². The minimum absolute atomic E-state index is 0.00853. The molecule has 0 saturated carbocycles. The zero-order valence-electron chi connectivity index (χ0n) is 12.7. The van der Waals surface area contributed by atoms with E-state index in [1.807, 2.05) is 4.90 Å². The molecular formula is C16H15N3O5. The number of hydrogen-bond donors (Lipinski definition) is 1. The topological polar surface area (TPSA) is 110 Å². The lowest BCUT2D eigenvalue weighted by Crippen LogP contribution is -2.31. The van der Waals surface area contributed by atoms with Crippen molar-refractivity contribution in [3.8, 4) is 0 Å². The Morgan fingerprint density at radius 3 is 2.50 bits per heavy atom. The summed E-state index contributed by atoms with van der Waals surface area (Å²) in [5, 5.41) is 31.5. The van der Waals surface area contributed by atoms with Crippen molar-refractivity contribution >= 4 is 17.1 Å². The maximum absolute atomic E-state index is 11.3. The zero-order chi connectivity index (χ0) is 17.3. The van der Waals surface area contributed by atoms with Crippen molar-refractivity contribution in [3.63, 3.8) is 0 Å². The minimum Gasteiger partial charge on any atom is -0.392 e. The van der Waals surface area contributed by atoms with Crippen molar-refractivity contribution in [2.75, 3.05) is 11.4 Å². The molecule has 1 aliphatic rings. The predicted molar refractivity (Wildman–Crippen MR) is 86.9 cm³/mol. The van der Waals surface area contributed by atoms with Crippen LogP contribution in [0.25, 0.3) is 0 Å². The van der Waals surface area contributed by atoms with Gasteiger partial charge in [-0.2, -0.15) is 0 Å². The van der Waals surface area contributed by atoms with Crippen LogP contribution in [-0.4, -0.2) is 21.5 Å². The maximum atomic E-state index is 11.3. The molecule has 0 atom stereocenters. The number of rotatable bonds is 4. The second-order valence-electron chi connectivity index (χ2n) is 5.62. The van der Waals surface area contributed by atoms with Crippen LogP contribution in [0.3, 0.4) is 0 Å². The molecule has 0 aliphatic carbocycles. The first-order valence-corrected chi connectivity index (χ1v) is 7.39. The van der Waals surface area contributed by atoms with Crippen LogP contribution < -0.4 is 4.90 Å². The fourth-order valence-corrected chi connectivity index (χ4v) is 2.94. The predicted octanol–water partition coefficient (Wildman–Crippen LogP) is 2.56. The Labute approximate surface area is 137 Å². The van der Waals surface area contributed by atoms with Crippen molar-refractivity contribution in [1.29, 1.82) is 0 Å². The van der Waals surface area contributed by atoms with Crippen molar-refractivity contribution in [2.45, 2.75) is 19.6 Å². The number of hydrogen-bond acceptors (Lipinski definition) is 6. The van der Waals surface area contributed by atoms with Crippen molar-refractivity contribution in [2.24, 2.45) is 0 Å². The third kappa shape index (κ3) is 2.91. The van der Waals surface area contributed by atoms with Gasteiger partial charge in [-0.25, -0.2) is 0 Å². The highest BCUT2D eigenvalue weighted by Crippen LogP contribution is 2.34. The number of anilines is 1. The van der Waals surface area contributed by atoms with Gasteiger partial charge < -0.3 is 10.0 Å². The fraction of sp³-hybridized carbons (Fsp3) is 0.250. The van der Waals surface area contributed by atoms with Crippen LogP contribution >= 0.6 is 0 Å². The van der Waals surface area contributed by atoms with Gasteiger partial charge in [0.1, 0.15) is 5.69 Å². The first-order valence-electron chi connectivity index (χ1n) is 7.39. The molecule has 3 rings (SSSR count). The van der Waals surface area contributed by atoms with Crippen molar-refractivity contribution in [3.05, 3.63) is 73.3 Å². The first-order chi connectivity index (χ1) is 11.5. The van der Waals surface area contributed by atoms with Gasteiger partial charge in [-0.05, 0) is 35.2 Å². The summed E-state index contributed by atoms with van der Waals surface area (Å²) in [6, 6.07) is 9.23. The quantitative estimate of drug-likeness (QED) is 0.682. The molecule has 0 radical (unpaired) electrons. The van der Waals surface area contributed by atoms with E-state index in [0.717, 1.165) is 11.1 Å². The zero-order valence-corrected chi connectivity index (χ0v) is 12.7. The van der Waals surface area contributed by atoms with Gasteiger partial charge in [0.2, 0.25) is 0 Å². The van der Waals surface area contributed by atoms with Gasteiger partial charge in [0.15, 0.2) is 0 Å². The molecule has 24 heavy (non-hydrogen) atoms. The molecule has 0 saturated heterocycles. The minimum atomic E-state index is -0.459. The van der Waals surface area contributed by atoms with Crippen molar-refractivity contribution in [1.82, 2.24) is 0 Å². The molecule has 8 nitrogen and oxygen atoms in total. The lowest BCUT2D eigenvalue weighted by Gasteiger charge is -2.30. The van der Waals surface area contributed by atoms with E-state index >= 15 is 0 Å². The first kappa shape index (κ1) is 15.9. The highest BCUT2D eigenvalue weighted by atomic mass is 16.6. The van der Waals surface area contributed by atoms with Crippen LogP contribution in [0.2, 0.25) is 0 Å². The normalized spacial score (nSPS) is 13.5. The van der Waals surface area contributed by atoms with Gasteiger partial charge >= 0.3 is 0 Å². The highest BCUT2D eigenvalue weighted by molar-refractivity contribution is 5.65. The molecule has 0 amide bonds. The Kier molecular flexibility index (Phi) is 4.13. The molecule has 2 aromatic rings. The number of nitro groups is 2. The third-order valence-corrected chi connectivity index (χ3v) is 4.17. The second kappa shape index (κ2) is 6.25. The molecule has 0 bridgehead atoms. The van der Waals surface area contributed by atoms with Gasteiger partial charge in [0, 0.05) is 31.3 Å². The highest BCUT2D eigenvalue weighted by Gasteiger charge is 2.25. The van der Waals surface area contributed by atoms with E-state index in [1.165, 1.54) is 24.3 Å². The molecule has 1 heterocycles. The molecule has 0 fully saturated rings. The summed E-state index contributed by atoms with van der Waals surface area (Å²) in [4.78, 5) is 23.1. The molecule has 2 aromatic carbocycles. The number of nitro benzene ring substituents is 2. The Bertz CT molecular complexity index is 821. The molecule has 8 heteroatoms. The lowest BCUT2D eigenvalue weighted by atomic mass is 9.98. The van der Waals surface area contributed by atoms with E-state index in [2.05, 4.69) is 0 Å². The summed E-state index contributed by atoms with van der Waals surface area (Å²) >= 11 is 0. The average molecular weight is 329 g/mol. The van der Waals surface area contributed by atoms with Gasteiger partial charge in [-0.15, -0.1) is 0 Å². The number of benzene rings is 2. The van der Waals surface area contributed by atoms with E-state index in [9.17, 15) is 25.3 Å². The number of fused-ring (bicyclic) bond motifs is 1. The fourth-order valence-electron chi connectivity index (χ4n) is 2.94. The van der Waals surface area contributed by atoms with E-state index < -0.39 is 9.85 Å². The van der Waals surface area contributed by atoms with E-state index in [4.69, 9.17) is 0 Å². The summed E-state index contributed by atoms with van der Waals surface area (Å²) < 4.78 is 0. The number of nitrogens with zero attached hydrogens (tertiary/aromatic N) is 3. The van der Waals surface area contributed by atoms with Gasteiger partial charge in [0.25, 0.3) is 11.4 Å². The summed E-state index contributed by atoms with van der Waals surface area (Å²) in [5.74, 6) is 0. The third-order valence-electron chi connectivity index (χ3n) is 4.17.